The van der Waals surface area contributed by atoms with Crippen LogP contribution < -0.4 is 5.32 Å². The van der Waals surface area contributed by atoms with Gasteiger partial charge in [-0.25, -0.2) is 0 Å². The van der Waals surface area contributed by atoms with Crippen molar-refractivity contribution in [3.05, 3.63) is 20.8 Å². The van der Waals surface area contributed by atoms with Crippen molar-refractivity contribution in [2.45, 2.75) is 39.7 Å². The van der Waals surface area contributed by atoms with Gasteiger partial charge in [-0.15, -0.1) is 11.3 Å². The van der Waals surface area contributed by atoms with Gasteiger partial charge in [0.1, 0.15) is 0 Å². The molecule has 0 amide bonds. The van der Waals surface area contributed by atoms with Gasteiger partial charge in [0.2, 0.25) is 0 Å². The van der Waals surface area contributed by atoms with E-state index in [9.17, 15) is 0 Å². The van der Waals surface area contributed by atoms with E-state index in [0.717, 1.165) is 12.5 Å². The molecular formula is C12H20BrNS. The van der Waals surface area contributed by atoms with Gasteiger partial charge in [-0.1, -0.05) is 27.2 Å². The number of hydrogen-bond acceptors (Lipinski definition) is 2. The van der Waals surface area contributed by atoms with Crippen molar-refractivity contribution in [1.29, 1.82) is 0 Å². The van der Waals surface area contributed by atoms with E-state index in [4.69, 9.17) is 0 Å². The van der Waals surface area contributed by atoms with Gasteiger partial charge in [-0.2, -0.15) is 0 Å². The molecule has 2 unspecified atom stereocenters. The third kappa shape index (κ3) is 4.25. The maximum absolute atomic E-state index is 3.56. The van der Waals surface area contributed by atoms with Crippen LogP contribution in [0, 0.1) is 5.92 Å². The Balaban J connectivity index is 2.65. The van der Waals surface area contributed by atoms with Crippen molar-refractivity contribution < 1.29 is 0 Å². The van der Waals surface area contributed by atoms with Crippen LogP contribution in [-0.4, -0.2) is 6.54 Å². The highest BCUT2D eigenvalue weighted by atomic mass is 79.9. The van der Waals surface area contributed by atoms with Crippen LogP contribution >= 0.6 is 27.3 Å². The molecule has 0 radical (unpaired) electrons. The highest BCUT2D eigenvalue weighted by molar-refractivity contribution is 9.11. The Morgan fingerprint density at radius 3 is 2.67 bits per heavy atom. The van der Waals surface area contributed by atoms with Gasteiger partial charge < -0.3 is 5.32 Å². The highest BCUT2D eigenvalue weighted by Crippen LogP contribution is 2.29. The fraction of sp³-hybridized carbons (Fsp3) is 0.667. The van der Waals surface area contributed by atoms with Crippen molar-refractivity contribution in [1.82, 2.24) is 5.32 Å². The molecule has 0 aliphatic heterocycles. The summed E-state index contributed by atoms with van der Waals surface area (Å²) in [6, 6.07) is 2.76. The van der Waals surface area contributed by atoms with E-state index in [1.807, 2.05) is 0 Å². The normalized spacial score (nSPS) is 15.2. The molecule has 0 saturated heterocycles. The van der Waals surface area contributed by atoms with E-state index in [2.05, 4.69) is 53.5 Å². The summed E-state index contributed by atoms with van der Waals surface area (Å²) in [5.74, 6) is 0.785. The van der Waals surface area contributed by atoms with E-state index in [1.165, 1.54) is 22.2 Å². The van der Waals surface area contributed by atoms with Gasteiger partial charge in [-0.3, -0.25) is 0 Å². The number of nitrogens with one attached hydrogen (secondary N) is 1. The summed E-state index contributed by atoms with van der Waals surface area (Å²) < 4.78 is 1.23. The van der Waals surface area contributed by atoms with Gasteiger partial charge in [-0.05, 0) is 51.8 Å². The molecule has 86 valence electrons. The summed E-state index contributed by atoms with van der Waals surface area (Å²) in [4.78, 5) is 0. The maximum atomic E-state index is 3.56. The van der Waals surface area contributed by atoms with E-state index < -0.39 is 0 Å². The van der Waals surface area contributed by atoms with Crippen LogP contribution in [-0.2, 0) is 0 Å². The van der Waals surface area contributed by atoms with Crippen LogP contribution in [0.5, 0.6) is 0 Å². The van der Waals surface area contributed by atoms with Gasteiger partial charge in [0, 0.05) is 6.04 Å². The molecule has 0 aliphatic carbocycles. The summed E-state index contributed by atoms with van der Waals surface area (Å²) >= 11 is 5.30. The minimum Gasteiger partial charge on any atom is -0.310 e. The Morgan fingerprint density at radius 2 is 2.20 bits per heavy atom. The van der Waals surface area contributed by atoms with Gasteiger partial charge in [0.15, 0.2) is 0 Å². The SMILES string of the molecule is CCNC(CC(C)CC)c1csc(Br)c1. The molecule has 15 heavy (non-hydrogen) atoms. The highest BCUT2D eigenvalue weighted by Gasteiger charge is 2.14. The lowest BCUT2D eigenvalue weighted by atomic mass is 9.96. The minimum atomic E-state index is 0.521. The zero-order chi connectivity index (χ0) is 11.3. The number of rotatable bonds is 6. The topological polar surface area (TPSA) is 12.0 Å². The van der Waals surface area contributed by atoms with Gasteiger partial charge >= 0.3 is 0 Å². The molecular weight excluding hydrogens is 270 g/mol. The lowest BCUT2D eigenvalue weighted by Gasteiger charge is -2.20. The van der Waals surface area contributed by atoms with Crippen molar-refractivity contribution in [2.24, 2.45) is 5.92 Å². The quantitative estimate of drug-likeness (QED) is 0.807. The molecule has 0 spiro atoms. The fourth-order valence-corrected chi connectivity index (χ4v) is 2.89. The Kier molecular flexibility index (Phi) is 5.87. The zero-order valence-electron chi connectivity index (χ0n) is 9.72. The second kappa shape index (κ2) is 6.66. The molecule has 1 nitrogen and oxygen atoms in total. The molecule has 1 heterocycles. The van der Waals surface area contributed by atoms with Crippen molar-refractivity contribution >= 4 is 27.3 Å². The smallest absolute Gasteiger partial charge is 0.0701 e. The predicted molar refractivity (Wildman–Crippen MR) is 72.5 cm³/mol. The minimum absolute atomic E-state index is 0.521. The molecule has 3 heteroatoms. The first-order valence-corrected chi connectivity index (χ1v) is 7.31. The first-order valence-electron chi connectivity index (χ1n) is 5.64. The Bertz CT molecular complexity index is 285. The lowest BCUT2D eigenvalue weighted by molar-refractivity contribution is 0.409. The molecule has 0 bridgehead atoms. The van der Waals surface area contributed by atoms with Crippen molar-refractivity contribution in [2.75, 3.05) is 6.54 Å². The summed E-state index contributed by atoms with van der Waals surface area (Å²) in [5, 5.41) is 5.81. The predicted octanol–water partition coefficient (Wildman–Crippen LogP) is 4.60. The third-order valence-corrected chi connectivity index (χ3v) is 4.30. The average molecular weight is 290 g/mol. The van der Waals surface area contributed by atoms with Gasteiger partial charge in [0.05, 0.1) is 3.79 Å². The van der Waals surface area contributed by atoms with Crippen LogP contribution in [0.15, 0.2) is 15.2 Å². The van der Waals surface area contributed by atoms with E-state index in [1.54, 1.807) is 11.3 Å². The summed E-state index contributed by atoms with van der Waals surface area (Å²) in [5.41, 5.74) is 1.43. The van der Waals surface area contributed by atoms with E-state index in [-0.39, 0.29) is 0 Å². The van der Waals surface area contributed by atoms with E-state index in [0.29, 0.717) is 6.04 Å². The third-order valence-electron chi connectivity index (χ3n) is 2.78. The van der Waals surface area contributed by atoms with Crippen molar-refractivity contribution in [3.8, 4) is 0 Å². The van der Waals surface area contributed by atoms with Crippen molar-refractivity contribution in [3.63, 3.8) is 0 Å². The van der Waals surface area contributed by atoms with Crippen LogP contribution in [0.1, 0.15) is 45.2 Å². The largest absolute Gasteiger partial charge is 0.310 e. The summed E-state index contributed by atoms with van der Waals surface area (Å²) in [6.07, 6.45) is 2.49. The second-order valence-electron chi connectivity index (χ2n) is 4.04. The Labute approximate surface area is 105 Å². The summed E-state index contributed by atoms with van der Waals surface area (Å²) in [7, 11) is 0. The lowest BCUT2D eigenvalue weighted by Crippen LogP contribution is -2.22. The number of hydrogen-bond donors (Lipinski definition) is 1. The molecule has 1 aromatic heterocycles. The first-order chi connectivity index (χ1) is 7.17. The molecule has 0 saturated carbocycles. The molecule has 1 N–H and O–H groups in total. The second-order valence-corrected chi connectivity index (χ2v) is 6.33. The van der Waals surface area contributed by atoms with Gasteiger partial charge in [0.25, 0.3) is 0 Å². The number of thiophene rings is 1. The number of halogens is 1. The molecule has 0 aliphatic rings. The Hall–Kier alpha value is 0.140. The first kappa shape index (κ1) is 13.2. The molecule has 1 rings (SSSR count). The van der Waals surface area contributed by atoms with Crippen LogP contribution in [0.4, 0.5) is 0 Å². The molecule has 2 atom stereocenters. The maximum Gasteiger partial charge on any atom is 0.0701 e. The molecule has 1 aromatic rings. The monoisotopic (exact) mass is 289 g/mol. The fourth-order valence-electron chi connectivity index (χ4n) is 1.66. The average Bonchev–Trinajstić information content (AvgIpc) is 2.64. The van der Waals surface area contributed by atoms with Crippen LogP contribution in [0.3, 0.4) is 0 Å². The standard InChI is InChI=1S/C12H20BrNS/c1-4-9(3)6-11(14-5-2)10-7-12(13)15-8-10/h7-9,11,14H,4-6H2,1-3H3. The molecule has 0 fully saturated rings. The van der Waals surface area contributed by atoms with Crippen LogP contribution in [0.2, 0.25) is 0 Å². The van der Waals surface area contributed by atoms with Crippen LogP contribution in [0.25, 0.3) is 0 Å². The Morgan fingerprint density at radius 1 is 1.47 bits per heavy atom. The van der Waals surface area contributed by atoms with E-state index >= 15 is 0 Å². The summed E-state index contributed by atoms with van der Waals surface area (Å²) in [6.45, 7) is 7.79. The zero-order valence-corrected chi connectivity index (χ0v) is 12.1. The molecule has 0 aromatic carbocycles.